The maximum Gasteiger partial charge on any atom is 0.271 e. The number of aromatic amines is 1. The number of hydrogen-bond donors (Lipinski definition) is 3. The number of carbonyl (C=O) groups is 2. The summed E-state index contributed by atoms with van der Waals surface area (Å²) < 4.78 is 6.00. The highest BCUT2D eigenvalue weighted by Crippen LogP contribution is 2.27. The molecule has 1 fully saturated rings. The minimum atomic E-state index is -0.318. The van der Waals surface area contributed by atoms with Gasteiger partial charge in [0.05, 0.1) is 0 Å². The predicted molar refractivity (Wildman–Crippen MR) is 104 cm³/mol. The highest BCUT2D eigenvalue weighted by molar-refractivity contribution is 5.99. The van der Waals surface area contributed by atoms with E-state index in [-0.39, 0.29) is 29.7 Å². The Balaban J connectivity index is 1.78. The lowest BCUT2D eigenvalue weighted by Crippen LogP contribution is -2.36. The Kier molecular flexibility index (Phi) is 6.16. The Hall–Kier alpha value is -2.76. The first kappa shape index (κ1) is 19.0. The molecule has 0 aliphatic heterocycles. The summed E-state index contributed by atoms with van der Waals surface area (Å²) >= 11 is 0. The van der Waals surface area contributed by atoms with Gasteiger partial charge in [-0.15, -0.1) is 0 Å². The number of hydrogen-bond acceptors (Lipinski definition) is 3. The summed E-state index contributed by atoms with van der Waals surface area (Å²) in [6.07, 6.45) is 5.27. The average molecular weight is 369 g/mol. The number of amides is 2. The molecule has 1 aliphatic carbocycles. The summed E-state index contributed by atoms with van der Waals surface area (Å²) in [5.41, 5.74) is 1.60. The fraction of sp³-hybridized carbons (Fsp3) is 0.429. The zero-order valence-corrected chi connectivity index (χ0v) is 15.9. The number of benzene rings is 1. The van der Waals surface area contributed by atoms with E-state index in [2.05, 4.69) is 15.6 Å². The average Bonchev–Trinajstić information content (AvgIpc) is 3.12. The van der Waals surface area contributed by atoms with Crippen molar-refractivity contribution in [3.05, 3.63) is 53.3 Å². The summed E-state index contributed by atoms with van der Waals surface area (Å²) in [4.78, 5) is 27.8. The van der Waals surface area contributed by atoms with Crippen LogP contribution in [0.1, 0.15) is 71.7 Å². The van der Waals surface area contributed by atoms with Gasteiger partial charge in [-0.25, -0.2) is 0 Å². The minimum absolute atomic E-state index is 0.200. The van der Waals surface area contributed by atoms with Crippen molar-refractivity contribution in [2.24, 2.45) is 0 Å². The van der Waals surface area contributed by atoms with Crippen molar-refractivity contribution < 1.29 is 14.3 Å². The molecule has 0 bridgehead atoms. The molecule has 0 spiro atoms. The van der Waals surface area contributed by atoms with Crippen LogP contribution >= 0.6 is 0 Å². The molecule has 1 aliphatic rings. The van der Waals surface area contributed by atoms with Gasteiger partial charge in [0.15, 0.2) is 5.75 Å². The molecule has 0 radical (unpaired) electrons. The molecule has 6 nitrogen and oxygen atoms in total. The number of ether oxygens (including phenoxy) is 1. The van der Waals surface area contributed by atoms with Crippen molar-refractivity contribution in [2.45, 2.75) is 51.2 Å². The van der Waals surface area contributed by atoms with Gasteiger partial charge in [-0.2, -0.15) is 0 Å². The second-order valence-electron chi connectivity index (χ2n) is 6.98. The van der Waals surface area contributed by atoms with Crippen molar-refractivity contribution in [3.63, 3.8) is 0 Å². The lowest BCUT2D eigenvalue weighted by atomic mass is 9.95. The quantitative estimate of drug-likeness (QED) is 0.728. The van der Waals surface area contributed by atoms with E-state index in [1.807, 2.05) is 37.3 Å². The summed E-state index contributed by atoms with van der Waals surface area (Å²) in [5, 5.41) is 5.65. The first-order valence-corrected chi connectivity index (χ1v) is 9.56. The second-order valence-corrected chi connectivity index (χ2v) is 6.98. The molecule has 3 rings (SSSR count). The van der Waals surface area contributed by atoms with Gasteiger partial charge in [0, 0.05) is 19.2 Å². The van der Waals surface area contributed by atoms with Crippen molar-refractivity contribution in [3.8, 4) is 5.75 Å². The number of H-pyrrole nitrogens is 1. The highest BCUT2D eigenvalue weighted by Gasteiger charge is 2.23. The third-order valence-electron chi connectivity index (χ3n) is 4.99. The number of carbonyl (C=O) groups excluding carboxylic acids is 2. The van der Waals surface area contributed by atoms with Crippen LogP contribution in [0.2, 0.25) is 0 Å². The zero-order valence-electron chi connectivity index (χ0n) is 15.9. The Morgan fingerprint density at radius 3 is 2.48 bits per heavy atom. The van der Waals surface area contributed by atoms with Crippen LogP contribution in [0, 0.1) is 0 Å². The van der Waals surface area contributed by atoms with Crippen LogP contribution in [0.5, 0.6) is 5.75 Å². The molecule has 3 N–H and O–H groups in total. The van der Waals surface area contributed by atoms with Crippen LogP contribution < -0.4 is 15.4 Å². The monoisotopic (exact) mass is 369 g/mol. The molecule has 2 aromatic rings. The molecule has 1 saturated carbocycles. The first-order chi connectivity index (χ1) is 13.1. The largest absolute Gasteiger partial charge is 0.484 e. The topological polar surface area (TPSA) is 83.2 Å². The van der Waals surface area contributed by atoms with E-state index in [0.29, 0.717) is 11.4 Å². The molecular formula is C21H27N3O3. The van der Waals surface area contributed by atoms with Gasteiger partial charge in [-0.1, -0.05) is 49.6 Å². The molecule has 1 aromatic heterocycles. The van der Waals surface area contributed by atoms with Crippen LogP contribution in [0.15, 0.2) is 36.4 Å². The fourth-order valence-corrected chi connectivity index (χ4v) is 3.44. The highest BCUT2D eigenvalue weighted by atomic mass is 16.5. The summed E-state index contributed by atoms with van der Waals surface area (Å²) in [7, 11) is 1.55. The van der Waals surface area contributed by atoms with E-state index in [4.69, 9.17) is 4.74 Å². The molecule has 0 saturated heterocycles. The summed E-state index contributed by atoms with van der Waals surface area (Å²) in [6.45, 7) is 1.91. The Labute approximate surface area is 159 Å². The fourth-order valence-electron chi connectivity index (χ4n) is 3.44. The maximum absolute atomic E-state index is 12.6. The molecule has 1 aromatic carbocycles. The third kappa shape index (κ3) is 4.70. The standard InChI is InChI=1S/C21H27N3O3/c1-14(15-9-5-3-6-10-15)27-18-13-17(24-19(18)21(26)22-2)20(25)23-16-11-7-4-8-12-16/h3,5-6,9-10,13-14,16,24H,4,7-8,11-12H2,1-2H3,(H,22,26)(H,23,25)/t14-/m1/s1. The predicted octanol–water partition coefficient (Wildman–Crippen LogP) is 3.58. The van der Waals surface area contributed by atoms with Gasteiger partial charge >= 0.3 is 0 Å². The lowest BCUT2D eigenvalue weighted by Gasteiger charge is -2.22. The molecular weight excluding hydrogens is 342 g/mol. The van der Waals surface area contributed by atoms with Crippen LogP contribution in [0.25, 0.3) is 0 Å². The van der Waals surface area contributed by atoms with Gasteiger partial charge in [0.2, 0.25) is 0 Å². The van der Waals surface area contributed by atoms with Crippen LogP contribution in [0.3, 0.4) is 0 Å². The number of aromatic nitrogens is 1. The van der Waals surface area contributed by atoms with Crippen LogP contribution in [-0.2, 0) is 0 Å². The molecule has 144 valence electrons. The van der Waals surface area contributed by atoms with Gasteiger partial charge in [0.1, 0.15) is 17.5 Å². The second kappa shape index (κ2) is 8.75. The van der Waals surface area contributed by atoms with E-state index in [1.54, 1.807) is 13.1 Å². The maximum atomic E-state index is 12.6. The van der Waals surface area contributed by atoms with E-state index < -0.39 is 0 Å². The third-order valence-corrected chi connectivity index (χ3v) is 4.99. The van der Waals surface area contributed by atoms with Gasteiger partial charge in [0.25, 0.3) is 11.8 Å². The van der Waals surface area contributed by atoms with Gasteiger partial charge in [-0.05, 0) is 25.3 Å². The van der Waals surface area contributed by atoms with E-state index >= 15 is 0 Å². The number of rotatable bonds is 6. The Morgan fingerprint density at radius 2 is 1.81 bits per heavy atom. The molecule has 2 amide bonds. The Bertz CT molecular complexity index is 779. The molecule has 27 heavy (non-hydrogen) atoms. The lowest BCUT2D eigenvalue weighted by molar-refractivity contribution is 0.0923. The first-order valence-electron chi connectivity index (χ1n) is 9.56. The van der Waals surface area contributed by atoms with Crippen molar-refractivity contribution in [1.82, 2.24) is 15.6 Å². The van der Waals surface area contributed by atoms with E-state index in [1.165, 1.54) is 6.42 Å². The van der Waals surface area contributed by atoms with Crippen molar-refractivity contribution in [1.29, 1.82) is 0 Å². The van der Waals surface area contributed by atoms with Crippen LogP contribution in [0.4, 0.5) is 0 Å². The zero-order chi connectivity index (χ0) is 19.2. The summed E-state index contributed by atoms with van der Waals surface area (Å²) in [5.74, 6) is -0.143. The van der Waals surface area contributed by atoms with E-state index in [9.17, 15) is 9.59 Å². The van der Waals surface area contributed by atoms with Crippen molar-refractivity contribution in [2.75, 3.05) is 7.05 Å². The van der Waals surface area contributed by atoms with E-state index in [0.717, 1.165) is 31.2 Å². The molecule has 1 heterocycles. The minimum Gasteiger partial charge on any atom is -0.484 e. The molecule has 0 unspecified atom stereocenters. The Morgan fingerprint density at radius 1 is 1.11 bits per heavy atom. The van der Waals surface area contributed by atoms with Crippen LogP contribution in [-0.4, -0.2) is 29.9 Å². The van der Waals surface area contributed by atoms with Gasteiger partial charge in [-0.3, -0.25) is 9.59 Å². The molecule has 1 atom stereocenters. The van der Waals surface area contributed by atoms with Crippen molar-refractivity contribution >= 4 is 11.8 Å². The summed E-state index contributed by atoms with van der Waals surface area (Å²) in [6, 6.07) is 11.6. The molecule has 6 heteroatoms. The number of nitrogens with one attached hydrogen (secondary N) is 3. The SMILES string of the molecule is CNC(=O)c1[nH]c(C(=O)NC2CCCCC2)cc1O[C@H](C)c1ccccc1. The smallest absolute Gasteiger partial charge is 0.271 e. The normalized spacial score (nSPS) is 15.8. The van der Waals surface area contributed by atoms with Gasteiger partial charge < -0.3 is 20.4 Å².